The normalized spacial score (nSPS) is 17.4. The van der Waals surface area contributed by atoms with E-state index in [1.807, 2.05) is 24.3 Å². The van der Waals surface area contributed by atoms with Crippen molar-refractivity contribution in [1.29, 1.82) is 0 Å². The molecule has 0 spiro atoms. The van der Waals surface area contributed by atoms with E-state index < -0.39 is 6.10 Å². The maximum absolute atomic E-state index is 12.3. The van der Waals surface area contributed by atoms with Crippen molar-refractivity contribution in [2.24, 2.45) is 0 Å². The Morgan fingerprint density at radius 1 is 1.26 bits per heavy atom. The van der Waals surface area contributed by atoms with Crippen LogP contribution in [0.2, 0.25) is 5.02 Å². The second kappa shape index (κ2) is 12.3. The van der Waals surface area contributed by atoms with Gasteiger partial charge in [0.25, 0.3) is 0 Å². The Labute approximate surface area is 168 Å². The molecule has 0 radical (unpaired) electrons. The molecule has 1 fully saturated rings. The van der Waals surface area contributed by atoms with E-state index in [9.17, 15) is 9.90 Å². The van der Waals surface area contributed by atoms with Crippen LogP contribution in [0.4, 0.5) is 0 Å². The van der Waals surface area contributed by atoms with Crippen LogP contribution in [0.1, 0.15) is 44.6 Å². The van der Waals surface area contributed by atoms with Gasteiger partial charge in [0.15, 0.2) is 0 Å². The maximum atomic E-state index is 12.3. The summed E-state index contributed by atoms with van der Waals surface area (Å²) in [6, 6.07) is 7.30. The third kappa shape index (κ3) is 8.60. The van der Waals surface area contributed by atoms with Crippen LogP contribution in [0.25, 0.3) is 0 Å². The summed E-state index contributed by atoms with van der Waals surface area (Å²) >= 11 is 5.97. The van der Waals surface area contributed by atoms with Gasteiger partial charge in [-0.2, -0.15) is 0 Å². The predicted octanol–water partition coefficient (Wildman–Crippen LogP) is 3.03. The Bertz CT molecular complexity index is 547. The molecule has 1 aromatic carbocycles. The molecule has 2 N–H and O–H groups in total. The van der Waals surface area contributed by atoms with Crippen LogP contribution in [0, 0.1) is 0 Å². The van der Waals surface area contributed by atoms with E-state index in [0.29, 0.717) is 24.3 Å². The SMILES string of the molecule is CCCCCC(=O)N[C@@H](Cc1ccc(Cl)cc1)C(O)CCN1CCOCC1. The second-order valence-corrected chi connectivity index (χ2v) is 7.71. The van der Waals surface area contributed by atoms with Gasteiger partial charge in [0.2, 0.25) is 5.91 Å². The molecule has 2 rings (SSSR count). The highest BCUT2D eigenvalue weighted by molar-refractivity contribution is 6.30. The monoisotopic (exact) mass is 396 g/mol. The molecule has 2 atom stereocenters. The number of rotatable bonds is 11. The quantitative estimate of drug-likeness (QED) is 0.564. The van der Waals surface area contributed by atoms with Crippen molar-refractivity contribution in [3.63, 3.8) is 0 Å². The van der Waals surface area contributed by atoms with Gasteiger partial charge < -0.3 is 15.2 Å². The summed E-state index contributed by atoms with van der Waals surface area (Å²) in [6.07, 6.45) is 4.19. The predicted molar refractivity (Wildman–Crippen MR) is 109 cm³/mol. The molecule has 6 heteroatoms. The van der Waals surface area contributed by atoms with Gasteiger partial charge in [0.1, 0.15) is 0 Å². The minimum absolute atomic E-state index is 0.0211. The van der Waals surface area contributed by atoms with Gasteiger partial charge in [-0.1, -0.05) is 43.5 Å². The number of nitrogens with one attached hydrogen (secondary N) is 1. The van der Waals surface area contributed by atoms with Gasteiger partial charge >= 0.3 is 0 Å². The van der Waals surface area contributed by atoms with Crippen LogP contribution >= 0.6 is 11.6 Å². The Kier molecular flexibility index (Phi) is 10.1. The number of hydrogen-bond donors (Lipinski definition) is 2. The summed E-state index contributed by atoms with van der Waals surface area (Å²) in [5.41, 5.74) is 1.06. The lowest BCUT2D eigenvalue weighted by Crippen LogP contribution is -2.46. The molecule has 0 saturated carbocycles. The van der Waals surface area contributed by atoms with E-state index in [1.165, 1.54) is 0 Å². The maximum Gasteiger partial charge on any atom is 0.220 e. The number of aliphatic hydroxyl groups excluding tert-OH is 1. The number of hydrogen-bond acceptors (Lipinski definition) is 4. The van der Waals surface area contributed by atoms with Gasteiger partial charge in [0, 0.05) is 31.1 Å². The Hall–Kier alpha value is -1.14. The van der Waals surface area contributed by atoms with E-state index in [-0.39, 0.29) is 11.9 Å². The molecule has 1 amide bonds. The number of nitrogens with zero attached hydrogens (tertiary/aromatic N) is 1. The standard InChI is InChI=1S/C21H33ClN2O3/c1-2-3-4-5-21(26)23-19(16-17-6-8-18(22)9-7-17)20(25)10-11-24-12-14-27-15-13-24/h6-9,19-20,25H,2-5,10-16H2,1H3,(H,23,26)/t19-,20?/m0/s1. The molecule has 1 heterocycles. The molecule has 1 saturated heterocycles. The number of morpholine rings is 1. The number of unbranched alkanes of at least 4 members (excludes halogenated alkanes) is 2. The molecule has 0 bridgehead atoms. The van der Waals surface area contributed by atoms with Gasteiger partial charge in [-0.3, -0.25) is 9.69 Å². The lowest BCUT2D eigenvalue weighted by molar-refractivity contribution is -0.122. The highest BCUT2D eigenvalue weighted by Crippen LogP contribution is 2.14. The van der Waals surface area contributed by atoms with Crippen LogP contribution in [0.3, 0.4) is 0 Å². The van der Waals surface area contributed by atoms with E-state index in [4.69, 9.17) is 16.3 Å². The first-order valence-corrected chi connectivity index (χ1v) is 10.5. The third-order valence-electron chi connectivity index (χ3n) is 5.03. The summed E-state index contributed by atoms with van der Waals surface area (Å²) in [7, 11) is 0. The molecule has 1 aliphatic rings. The molecule has 0 aromatic heterocycles. The van der Waals surface area contributed by atoms with Gasteiger partial charge in [-0.15, -0.1) is 0 Å². The fourth-order valence-corrected chi connectivity index (χ4v) is 3.44. The lowest BCUT2D eigenvalue weighted by atomic mass is 9.98. The molecule has 5 nitrogen and oxygen atoms in total. The summed E-state index contributed by atoms with van der Waals surface area (Å²) in [4.78, 5) is 14.6. The fraction of sp³-hybridized carbons (Fsp3) is 0.667. The minimum atomic E-state index is -0.585. The van der Waals surface area contributed by atoms with Crippen LogP contribution in [0.5, 0.6) is 0 Å². The van der Waals surface area contributed by atoms with E-state index in [1.54, 1.807) is 0 Å². The second-order valence-electron chi connectivity index (χ2n) is 7.27. The zero-order valence-electron chi connectivity index (χ0n) is 16.3. The van der Waals surface area contributed by atoms with E-state index in [2.05, 4.69) is 17.1 Å². The lowest BCUT2D eigenvalue weighted by Gasteiger charge is -2.30. The van der Waals surface area contributed by atoms with Crippen LogP contribution in [-0.4, -0.2) is 60.9 Å². The number of benzene rings is 1. The van der Waals surface area contributed by atoms with Crippen LogP contribution in [0.15, 0.2) is 24.3 Å². The Morgan fingerprint density at radius 3 is 2.63 bits per heavy atom. The number of ether oxygens (including phenoxy) is 1. The summed E-state index contributed by atoms with van der Waals surface area (Å²) in [5, 5.41) is 14.5. The van der Waals surface area contributed by atoms with Gasteiger partial charge in [-0.25, -0.2) is 0 Å². The van der Waals surface area contributed by atoms with Crippen molar-refractivity contribution in [1.82, 2.24) is 10.2 Å². The Morgan fingerprint density at radius 2 is 1.96 bits per heavy atom. The zero-order chi connectivity index (χ0) is 19.5. The number of aliphatic hydroxyl groups is 1. The molecule has 1 aromatic rings. The largest absolute Gasteiger partial charge is 0.391 e. The first-order chi connectivity index (χ1) is 13.1. The topological polar surface area (TPSA) is 61.8 Å². The smallest absolute Gasteiger partial charge is 0.220 e. The highest BCUT2D eigenvalue weighted by atomic mass is 35.5. The summed E-state index contributed by atoms with van der Waals surface area (Å²) in [6.45, 7) is 6.23. The van der Waals surface area contributed by atoms with Crippen LogP contribution < -0.4 is 5.32 Å². The molecule has 1 unspecified atom stereocenters. The summed E-state index contributed by atoms with van der Waals surface area (Å²) < 4.78 is 5.37. The highest BCUT2D eigenvalue weighted by Gasteiger charge is 2.23. The number of halogens is 1. The van der Waals surface area contributed by atoms with Crippen molar-refractivity contribution < 1.29 is 14.6 Å². The average molecular weight is 397 g/mol. The van der Waals surface area contributed by atoms with Crippen molar-refractivity contribution in [2.75, 3.05) is 32.8 Å². The Balaban J connectivity index is 1.91. The molecule has 0 aliphatic carbocycles. The van der Waals surface area contributed by atoms with Gasteiger partial charge in [0.05, 0.1) is 25.4 Å². The number of amides is 1. The first-order valence-electron chi connectivity index (χ1n) is 10.1. The summed E-state index contributed by atoms with van der Waals surface area (Å²) in [5.74, 6) is 0.0211. The minimum Gasteiger partial charge on any atom is -0.391 e. The van der Waals surface area contributed by atoms with Crippen molar-refractivity contribution in [3.8, 4) is 0 Å². The first kappa shape index (κ1) is 22.2. The number of carbonyl (C=O) groups is 1. The van der Waals surface area contributed by atoms with Crippen molar-refractivity contribution in [2.45, 2.75) is 57.6 Å². The van der Waals surface area contributed by atoms with Crippen molar-refractivity contribution >= 4 is 17.5 Å². The molecular formula is C21H33ClN2O3. The molecular weight excluding hydrogens is 364 g/mol. The zero-order valence-corrected chi connectivity index (χ0v) is 17.1. The van der Waals surface area contributed by atoms with Crippen LogP contribution in [-0.2, 0) is 16.0 Å². The van der Waals surface area contributed by atoms with E-state index in [0.717, 1.165) is 57.7 Å². The van der Waals surface area contributed by atoms with Crippen molar-refractivity contribution in [3.05, 3.63) is 34.9 Å². The molecule has 1 aliphatic heterocycles. The van der Waals surface area contributed by atoms with Gasteiger partial charge in [-0.05, 0) is 37.0 Å². The van der Waals surface area contributed by atoms with E-state index >= 15 is 0 Å². The molecule has 27 heavy (non-hydrogen) atoms. The fourth-order valence-electron chi connectivity index (χ4n) is 3.31. The number of carbonyl (C=O) groups excluding carboxylic acids is 1. The average Bonchev–Trinajstić information content (AvgIpc) is 2.68. The molecule has 152 valence electrons. The third-order valence-corrected chi connectivity index (χ3v) is 5.28.